The molecule has 1 N–H and O–H groups in total. The fraction of sp³-hybridized carbons (Fsp3) is 0.600. The highest BCUT2D eigenvalue weighted by molar-refractivity contribution is 6.07. The van der Waals surface area contributed by atoms with Crippen molar-refractivity contribution in [2.24, 2.45) is 11.3 Å². The van der Waals surface area contributed by atoms with E-state index in [0.717, 1.165) is 12.0 Å². The topological polar surface area (TPSA) is 63.6 Å². The Hall–Kier alpha value is -1.68. The van der Waals surface area contributed by atoms with Gasteiger partial charge in [-0.1, -0.05) is 31.6 Å². The van der Waals surface area contributed by atoms with Gasteiger partial charge in [0.15, 0.2) is 5.78 Å². The Bertz CT molecular complexity index is 645. The zero-order valence-corrected chi connectivity index (χ0v) is 15.5. The van der Waals surface area contributed by atoms with Crippen LogP contribution in [-0.2, 0) is 14.3 Å². The molecule has 0 spiro atoms. The lowest BCUT2D eigenvalue weighted by Gasteiger charge is -2.46. The Balaban J connectivity index is 2.33. The van der Waals surface area contributed by atoms with Crippen molar-refractivity contribution in [2.75, 3.05) is 0 Å². The van der Waals surface area contributed by atoms with Gasteiger partial charge in [0, 0.05) is 22.5 Å². The molecule has 0 saturated heterocycles. The van der Waals surface area contributed by atoms with Crippen LogP contribution < -0.4 is 0 Å². The van der Waals surface area contributed by atoms with Crippen LogP contribution in [0.15, 0.2) is 34.9 Å². The largest absolute Gasteiger partial charge is 0.459 e. The van der Waals surface area contributed by atoms with Gasteiger partial charge in [0.05, 0.1) is 5.60 Å². The quantitative estimate of drug-likeness (QED) is 0.634. The summed E-state index contributed by atoms with van der Waals surface area (Å²) in [5, 5.41) is 10.3. The third-order valence-corrected chi connectivity index (χ3v) is 5.58. The first-order valence-electron chi connectivity index (χ1n) is 8.55. The van der Waals surface area contributed by atoms with E-state index in [0.29, 0.717) is 17.6 Å². The lowest BCUT2D eigenvalue weighted by Crippen LogP contribution is -2.44. The van der Waals surface area contributed by atoms with Gasteiger partial charge in [-0.15, -0.1) is 0 Å². The third-order valence-electron chi connectivity index (χ3n) is 5.58. The summed E-state index contributed by atoms with van der Waals surface area (Å²) in [5.41, 5.74) is 0.490. The second-order valence-electron chi connectivity index (χ2n) is 7.68. The smallest absolute Gasteiger partial charge is 0.333 e. The molecule has 0 heterocycles. The van der Waals surface area contributed by atoms with Crippen molar-refractivity contribution in [1.82, 2.24) is 0 Å². The standard InChI is InChI=1S/C20H28O4/c1-7-12(2)18(22)24-17-9-8-14-10-16(21)15(19(4,5)23)11-20(14,6)13(17)3/h7,10-11,13,17,23H,8-9H2,1-6H3/b12-7-/t13-,17?,20+/m0/s1. The fourth-order valence-corrected chi connectivity index (χ4v) is 3.54. The minimum absolute atomic E-state index is 0.0246. The first-order chi connectivity index (χ1) is 11.0. The summed E-state index contributed by atoms with van der Waals surface area (Å²) in [5.74, 6) is -0.386. The molecule has 4 heteroatoms. The maximum Gasteiger partial charge on any atom is 0.333 e. The molecule has 0 bridgehead atoms. The minimum Gasteiger partial charge on any atom is -0.459 e. The van der Waals surface area contributed by atoms with E-state index in [1.807, 2.05) is 19.9 Å². The van der Waals surface area contributed by atoms with Crippen molar-refractivity contribution in [3.8, 4) is 0 Å². The molecule has 2 aliphatic rings. The van der Waals surface area contributed by atoms with E-state index in [4.69, 9.17) is 4.74 Å². The number of carbonyl (C=O) groups excluding carboxylic acids is 2. The number of esters is 1. The third kappa shape index (κ3) is 3.25. The number of aliphatic hydroxyl groups is 1. The number of ketones is 1. The van der Waals surface area contributed by atoms with Crippen LogP contribution in [0.3, 0.4) is 0 Å². The summed E-state index contributed by atoms with van der Waals surface area (Å²) in [6.07, 6.45) is 6.52. The van der Waals surface area contributed by atoms with Crippen molar-refractivity contribution in [3.63, 3.8) is 0 Å². The van der Waals surface area contributed by atoms with E-state index in [2.05, 4.69) is 6.92 Å². The van der Waals surface area contributed by atoms with Gasteiger partial charge in [-0.05, 0) is 46.6 Å². The number of hydrogen-bond donors (Lipinski definition) is 1. The minimum atomic E-state index is -1.19. The number of carbonyl (C=O) groups is 2. The molecule has 0 aromatic heterocycles. The van der Waals surface area contributed by atoms with Crippen LogP contribution in [0.4, 0.5) is 0 Å². The monoisotopic (exact) mass is 332 g/mol. The number of ether oxygens (including phenoxy) is 1. The maximum atomic E-state index is 12.3. The molecule has 1 saturated carbocycles. The first-order valence-corrected chi connectivity index (χ1v) is 8.55. The predicted octanol–water partition coefficient (Wildman–Crippen LogP) is 3.51. The fourth-order valence-electron chi connectivity index (χ4n) is 3.54. The molecule has 132 valence electrons. The Morgan fingerprint density at radius 3 is 2.62 bits per heavy atom. The number of fused-ring (bicyclic) bond motifs is 1. The van der Waals surface area contributed by atoms with E-state index in [1.54, 1.807) is 32.9 Å². The van der Waals surface area contributed by atoms with Crippen LogP contribution in [0.2, 0.25) is 0 Å². The zero-order valence-electron chi connectivity index (χ0n) is 15.5. The van der Waals surface area contributed by atoms with Crippen LogP contribution in [0.1, 0.15) is 54.4 Å². The van der Waals surface area contributed by atoms with Crippen LogP contribution >= 0.6 is 0 Å². The number of allylic oxidation sites excluding steroid dienone is 4. The van der Waals surface area contributed by atoms with Gasteiger partial charge in [0.25, 0.3) is 0 Å². The number of rotatable bonds is 3. The van der Waals surface area contributed by atoms with Gasteiger partial charge in [-0.2, -0.15) is 0 Å². The lowest BCUT2D eigenvalue weighted by molar-refractivity contribution is -0.150. The van der Waals surface area contributed by atoms with E-state index >= 15 is 0 Å². The molecular weight excluding hydrogens is 304 g/mol. The highest BCUT2D eigenvalue weighted by Gasteiger charge is 2.47. The molecule has 4 nitrogen and oxygen atoms in total. The number of hydrogen-bond acceptors (Lipinski definition) is 4. The summed E-state index contributed by atoms with van der Waals surface area (Å²) in [7, 11) is 0. The summed E-state index contributed by atoms with van der Waals surface area (Å²) in [4.78, 5) is 24.4. The van der Waals surface area contributed by atoms with E-state index in [9.17, 15) is 14.7 Å². The average molecular weight is 332 g/mol. The second-order valence-corrected chi connectivity index (χ2v) is 7.68. The molecule has 0 aromatic rings. The molecule has 2 aliphatic carbocycles. The Labute approximate surface area is 144 Å². The van der Waals surface area contributed by atoms with E-state index in [1.165, 1.54) is 0 Å². The van der Waals surface area contributed by atoms with Gasteiger partial charge >= 0.3 is 5.97 Å². The highest BCUT2D eigenvalue weighted by Crippen LogP contribution is 2.50. The van der Waals surface area contributed by atoms with E-state index in [-0.39, 0.29) is 23.8 Å². The maximum absolute atomic E-state index is 12.3. The molecule has 3 atom stereocenters. The molecule has 0 aromatic carbocycles. The molecule has 2 rings (SSSR count). The van der Waals surface area contributed by atoms with Gasteiger partial charge in [-0.25, -0.2) is 4.79 Å². The molecular formula is C20H28O4. The van der Waals surface area contributed by atoms with Crippen LogP contribution in [0, 0.1) is 11.3 Å². The summed E-state index contributed by atoms with van der Waals surface area (Å²) in [6.45, 7) is 10.9. The zero-order chi connectivity index (χ0) is 18.3. The molecule has 24 heavy (non-hydrogen) atoms. The SMILES string of the molecule is C/C=C(/C)C(=O)OC1CCC2=CC(=O)C(C(C)(C)O)=C[C@]2(C)[C@H]1C. The second kappa shape index (κ2) is 6.32. The Morgan fingerprint density at radius 2 is 2.08 bits per heavy atom. The van der Waals surface area contributed by atoms with Crippen molar-refractivity contribution < 1.29 is 19.4 Å². The average Bonchev–Trinajstić information content (AvgIpc) is 2.50. The predicted molar refractivity (Wildman–Crippen MR) is 93.3 cm³/mol. The Morgan fingerprint density at radius 1 is 1.46 bits per heavy atom. The first kappa shape index (κ1) is 18.7. The molecule has 1 fully saturated rings. The lowest BCUT2D eigenvalue weighted by atomic mass is 9.60. The van der Waals surface area contributed by atoms with Crippen molar-refractivity contribution in [2.45, 2.75) is 66.1 Å². The summed E-state index contributed by atoms with van der Waals surface area (Å²) < 4.78 is 5.71. The normalized spacial score (nSPS) is 31.1. The van der Waals surface area contributed by atoms with Crippen LogP contribution in [0.5, 0.6) is 0 Å². The van der Waals surface area contributed by atoms with Gasteiger partial charge in [0.1, 0.15) is 6.10 Å². The van der Waals surface area contributed by atoms with Crippen molar-refractivity contribution >= 4 is 11.8 Å². The van der Waals surface area contributed by atoms with Crippen molar-refractivity contribution in [1.29, 1.82) is 0 Å². The highest BCUT2D eigenvalue weighted by atomic mass is 16.5. The van der Waals surface area contributed by atoms with Gasteiger partial charge in [-0.3, -0.25) is 4.79 Å². The van der Waals surface area contributed by atoms with Gasteiger partial charge in [0.2, 0.25) is 0 Å². The summed E-state index contributed by atoms with van der Waals surface area (Å²) >= 11 is 0. The Kier molecular flexibility index (Phi) is 4.91. The molecule has 1 unspecified atom stereocenters. The van der Waals surface area contributed by atoms with Crippen LogP contribution in [-0.4, -0.2) is 28.6 Å². The summed E-state index contributed by atoms with van der Waals surface area (Å²) in [6, 6.07) is 0. The van der Waals surface area contributed by atoms with Crippen LogP contribution in [0.25, 0.3) is 0 Å². The van der Waals surface area contributed by atoms with Crippen molar-refractivity contribution in [3.05, 3.63) is 34.9 Å². The van der Waals surface area contributed by atoms with Gasteiger partial charge < -0.3 is 9.84 Å². The van der Waals surface area contributed by atoms with E-state index < -0.39 is 11.0 Å². The molecule has 0 aliphatic heterocycles. The molecule has 0 radical (unpaired) electrons. The molecule has 0 amide bonds.